The van der Waals surface area contributed by atoms with E-state index in [1.54, 1.807) is 12.1 Å². The number of thiocarbonyl (C=S) groups is 1. The van der Waals surface area contributed by atoms with Gasteiger partial charge in [0.15, 0.2) is 0 Å². The van der Waals surface area contributed by atoms with Crippen molar-refractivity contribution in [3.8, 4) is 5.75 Å². The van der Waals surface area contributed by atoms with Crippen molar-refractivity contribution in [3.63, 3.8) is 0 Å². The van der Waals surface area contributed by atoms with Crippen LogP contribution in [0.3, 0.4) is 0 Å². The van der Waals surface area contributed by atoms with E-state index in [1.165, 1.54) is 5.56 Å². The number of rotatable bonds is 6. The predicted molar refractivity (Wildman–Crippen MR) is 112 cm³/mol. The first-order valence-electron chi connectivity index (χ1n) is 8.11. The summed E-state index contributed by atoms with van der Waals surface area (Å²) in [4.78, 5) is 0.713. The van der Waals surface area contributed by atoms with Gasteiger partial charge in [-0.15, -0.1) is 0 Å². The maximum absolute atomic E-state index is 6.02. The van der Waals surface area contributed by atoms with Gasteiger partial charge in [-0.1, -0.05) is 71.8 Å². The van der Waals surface area contributed by atoms with Crippen molar-refractivity contribution < 1.29 is 4.74 Å². The Kier molecular flexibility index (Phi) is 6.51. The standard InChI is InChI=1S/C21H17Cl2NOS/c22-19-11-6-16(12-20(19)23)14-25-18-9-7-17(8-10-18)21(26)24-13-15-4-2-1-3-5-15/h1-12H,13-14H2,(H,24,26). The zero-order valence-electron chi connectivity index (χ0n) is 13.9. The number of ether oxygens (including phenoxy) is 1. The summed E-state index contributed by atoms with van der Waals surface area (Å²) < 4.78 is 5.79. The van der Waals surface area contributed by atoms with Crippen LogP contribution in [0.15, 0.2) is 72.8 Å². The first-order valence-corrected chi connectivity index (χ1v) is 9.27. The number of halogens is 2. The molecule has 0 aliphatic rings. The van der Waals surface area contributed by atoms with Crippen LogP contribution in [0.2, 0.25) is 10.0 Å². The van der Waals surface area contributed by atoms with E-state index < -0.39 is 0 Å². The summed E-state index contributed by atoms with van der Waals surface area (Å²) >= 11 is 17.4. The maximum atomic E-state index is 6.02. The molecule has 0 atom stereocenters. The Morgan fingerprint density at radius 1 is 0.846 bits per heavy atom. The fourth-order valence-electron chi connectivity index (χ4n) is 2.38. The zero-order chi connectivity index (χ0) is 18.4. The largest absolute Gasteiger partial charge is 0.489 e. The van der Waals surface area contributed by atoms with Gasteiger partial charge in [0, 0.05) is 12.1 Å². The first kappa shape index (κ1) is 18.7. The second-order valence-electron chi connectivity index (χ2n) is 5.73. The van der Waals surface area contributed by atoms with Crippen LogP contribution in [0.5, 0.6) is 5.75 Å². The number of hydrogen-bond donors (Lipinski definition) is 1. The molecule has 26 heavy (non-hydrogen) atoms. The molecule has 0 unspecified atom stereocenters. The Labute approximate surface area is 168 Å². The molecular weight excluding hydrogens is 385 g/mol. The topological polar surface area (TPSA) is 21.3 Å². The minimum atomic E-state index is 0.424. The molecule has 0 bridgehead atoms. The summed E-state index contributed by atoms with van der Waals surface area (Å²) in [6.07, 6.45) is 0. The van der Waals surface area contributed by atoms with Gasteiger partial charge in [-0.25, -0.2) is 0 Å². The molecule has 3 rings (SSSR count). The third-order valence-electron chi connectivity index (χ3n) is 3.80. The molecule has 0 fully saturated rings. The van der Waals surface area contributed by atoms with Gasteiger partial charge in [-0.3, -0.25) is 0 Å². The minimum Gasteiger partial charge on any atom is -0.489 e. The highest BCUT2D eigenvalue weighted by atomic mass is 35.5. The van der Waals surface area contributed by atoms with E-state index in [4.69, 9.17) is 40.2 Å². The molecule has 0 aliphatic carbocycles. The lowest BCUT2D eigenvalue weighted by Crippen LogP contribution is -2.21. The van der Waals surface area contributed by atoms with Gasteiger partial charge in [0.2, 0.25) is 0 Å². The van der Waals surface area contributed by atoms with Crippen molar-refractivity contribution in [2.45, 2.75) is 13.2 Å². The molecular formula is C21H17Cl2NOS. The molecule has 0 aromatic heterocycles. The summed E-state index contributed by atoms with van der Waals surface area (Å²) in [6, 6.07) is 23.3. The normalized spacial score (nSPS) is 10.4. The second-order valence-corrected chi connectivity index (χ2v) is 6.95. The third kappa shape index (κ3) is 5.21. The van der Waals surface area contributed by atoms with E-state index >= 15 is 0 Å². The Morgan fingerprint density at radius 2 is 1.58 bits per heavy atom. The van der Waals surface area contributed by atoms with Crippen molar-refractivity contribution >= 4 is 40.4 Å². The molecule has 132 valence electrons. The van der Waals surface area contributed by atoms with Crippen molar-refractivity contribution in [3.05, 3.63) is 99.5 Å². The lowest BCUT2D eigenvalue weighted by Gasteiger charge is -2.10. The second kappa shape index (κ2) is 9.04. The van der Waals surface area contributed by atoms with E-state index in [-0.39, 0.29) is 0 Å². The molecule has 0 radical (unpaired) electrons. The molecule has 3 aromatic carbocycles. The van der Waals surface area contributed by atoms with Crippen molar-refractivity contribution in [1.82, 2.24) is 5.32 Å². The van der Waals surface area contributed by atoms with E-state index in [0.29, 0.717) is 28.2 Å². The van der Waals surface area contributed by atoms with Crippen LogP contribution in [0.4, 0.5) is 0 Å². The lowest BCUT2D eigenvalue weighted by atomic mass is 10.2. The highest BCUT2D eigenvalue weighted by Crippen LogP contribution is 2.23. The summed E-state index contributed by atoms with van der Waals surface area (Å²) in [5.74, 6) is 0.769. The van der Waals surface area contributed by atoms with Gasteiger partial charge in [-0.2, -0.15) is 0 Å². The van der Waals surface area contributed by atoms with Gasteiger partial charge in [0.05, 0.1) is 10.0 Å². The van der Waals surface area contributed by atoms with Gasteiger partial charge in [0.1, 0.15) is 17.3 Å². The SMILES string of the molecule is S=C(NCc1ccccc1)c1ccc(OCc2ccc(Cl)c(Cl)c2)cc1. The molecule has 2 nitrogen and oxygen atoms in total. The average molecular weight is 402 g/mol. The van der Waals surface area contributed by atoms with E-state index in [1.807, 2.05) is 48.5 Å². The summed E-state index contributed by atoms with van der Waals surface area (Å²) in [5.41, 5.74) is 3.11. The molecule has 0 saturated heterocycles. The van der Waals surface area contributed by atoms with Crippen LogP contribution in [-0.2, 0) is 13.2 Å². The van der Waals surface area contributed by atoms with Crippen LogP contribution in [0, 0.1) is 0 Å². The average Bonchev–Trinajstić information content (AvgIpc) is 2.68. The Balaban J connectivity index is 1.54. The first-order chi connectivity index (χ1) is 12.6. The van der Waals surface area contributed by atoms with Crippen molar-refractivity contribution in [2.75, 3.05) is 0 Å². The molecule has 1 N–H and O–H groups in total. The number of nitrogens with one attached hydrogen (secondary N) is 1. The van der Waals surface area contributed by atoms with Gasteiger partial charge in [0.25, 0.3) is 0 Å². The van der Waals surface area contributed by atoms with Crippen molar-refractivity contribution in [1.29, 1.82) is 0 Å². The molecule has 5 heteroatoms. The van der Waals surface area contributed by atoms with E-state index in [9.17, 15) is 0 Å². The summed E-state index contributed by atoms with van der Waals surface area (Å²) in [6.45, 7) is 1.13. The highest BCUT2D eigenvalue weighted by molar-refractivity contribution is 7.80. The predicted octanol–water partition coefficient (Wildman–Crippen LogP) is 6.04. The summed E-state index contributed by atoms with van der Waals surface area (Å²) in [5, 5.41) is 4.33. The molecule has 0 spiro atoms. The summed E-state index contributed by atoms with van der Waals surface area (Å²) in [7, 11) is 0. The fourth-order valence-corrected chi connectivity index (χ4v) is 2.91. The molecule has 0 aliphatic heterocycles. The minimum absolute atomic E-state index is 0.424. The van der Waals surface area contributed by atoms with Crippen molar-refractivity contribution in [2.24, 2.45) is 0 Å². The van der Waals surface area contributed by atoms with Crippen LogP contribution >= 0.6 is 35.4 Å². The highest BCUT2D eigenvalue weighted by Gasteiger charge is 2.04. The van der Waals surface area contributed by atoms with Crippen LogP contribution < -0.4 is 10.1 Å². The lowest BCUT2D eigenvalue weighted by molar-refractivity contribution is 0.306. The Bertz CT molecular complexity index is 882. The monoisotopic (exact) mass is 401 g/mol. The fraction of sp³-hybridized carbons (Fsp3) is 0.0952. The molecule has 0 heterocycles. The molecule has 0 saturated carbocycles. The smallest absolute Gasteiger partial charge is 0.119 e. The van der Waals surface area contributed by atoms with Gasteiger partial charge in [-0.05, 0) is 47.5 Å². The molecule has 0 amide bonds. The quantitative estimate of drug-likeness (QED) is 0.508. The van der Waals surface area contributed by atoms with Gasteiger partial charge < -0.3 is 10.1 Å². The Hall–Kier alpha value is -2.07. The number of hydrogen-bond acceptors (Lipinski definition) is 2. The Morgan fingerprint density at radius 3 is 2.27 bits per heavy atom. The van der Waals surface area contributed by atoms with E-state index in [2.05, 4.69) is 17.4 Å². The third-order valence-corrected chi connectivity index (χ3v) is 4.92. The van der Waals surface area contributed by atoms with E-state index in [0.717, 1.165) is 16.9 Å². The van der Waals surface area contributed by atoms with Crippen LogP contribution in [-0.4, -0.2) is 4.99 Å². The van der Waals surface area contributed by atoms with Gasteiger partial charge >= 0.3 is 0 Å². The van der Waals surface area contributed by atoms with Crippen LogP contribution in [0.1, 0.15) is 16.7 Å². The maximum Gasteiger partial charge on any atom is 0.119 e. The van der Waals surface area contributed by atoms with Crippen LogP contribution in [0.25, 0.3) is 0 Å². The number of benzene rings is 3. The zero-order valence-corrected chi connectivity index (χ0v) is 16.2. The molecule has 3 aromatic rings.